The number of sulfonamides is 1. The largest absolute Gasteiger partial charge is 0.370 e. The van der Waals surface area contributed by atoms with Gasteiger partial charge in [0, 0.05) is 13.1 Å². The lowest BCUT2D eigenvalue weighted by Crippen LogP contribution is -2.50. The highest BCUT2D eigenvalue weighted by Crippen LogP contribution is 2.05. The van der Waals surface area contributed by atoms with Gasteiger partial charge < -0.3 is 38.4 Å². The smallest absolute Gasteiger partial charge is 0.239 e. The Morgan fingerprint density at radius 1 is 0.946 bits per heavy atom. The number of hydrogen-bond acceptors (Lipinski definition) is 7. The van der Waals surface area contributed by atoms with Crippen LogP contribution in [0.1, 0.15) is 31.2 Å². The molecule has 0 heterocycles. The Balaban J connectivity index is 2.68. The van der Waals surface area contributed by atoms with Crippen LogP contribution in [-0.2, 0) is 30.8 Å². The van der Waals surface area contributed by atoms with Gasteiger partial charge in [0.1, 0.15) is 12.3 Å². The number of rotatable bonds is 18. The summed E-state index contributed by atoms with van der Waals surface area (Å²) in [4.78, 5) is 43.8. The fraction of sp³-hybridized carbons (Fsp3) is 0.500. The Labute approximate surface area is 216 Å². The number of carbonyl (C=O) groups is 3. The van der Waals surface area contributed by atoms with Crippen LogP contribution in [0, 0.1) is 0 Å². The maximum absolute atomic E-state index is 12.7. The lowest BCUT2D eigenvalue weighted by Gasteiger charge is -2.19. The minimum absolute atomic E-state index is 0.0713. The third kappa shape index (κ3) is 15.1. The van der Waals surface area contributed by atoms with Gasteiger partial charge in [-0.15, -0.1) is 0 Å². The van der Waals surface area contributed by atoms with Crippen LogP contribution in [0.2, 0.25) is 0 Å². The van der Waals surface area contributed by atoms with Crippen LogP contribution in [0.5, 0.6) is 0 Å². The Bertz CT molecular complexity index is 1020. The van der Waals surface area contributed by atoms with Crippen LogP contribution in [0.15, 0.2) is 40.3 Å². The first kappa shape index (κ1) is 31.3. The molecule has 0 fully saturated rings. The second kappa shape index (κ2) is 16.9. The van der Waals surface area contributed by atoms with E-state index in [0.717, 1.165) is 5.56 Å². The maximum Gasteiger partial charge on any atom is 0.239 e. The third-order valence-electron chi connectivity index (χ3n) is 4.99. The van der Waals surface area contributed by atoms with Crippen molar-refractivity contribution >= 4 is 40.0 Å². The molecule has 0 saturated heterocycles. The van der Waals surface area contributed by atoms with Gasteiger partial charge >= 0.3 is 0 Å². The summed E-state index contributed by atoms with van der Waals surface area (Å²) in [6.07, 6.45) is 1.99. The van der Waals surface area contributed by atoms with Crippen molar-refractivity contribution in [3.05, 3.63) is 35.9 Å². The zero-order valence-corrected chi connectivity index (χ0v) is 21.5. The first-order valence-corrected chi connectivity index (χ1v) is 13.3. The summed E-state index contributed by atoms with van der Waals surface area (Å²) in [5, 5.41) is 4.89. The van der Waals surface area contributed by atoms with Crippen LogP contribution in [0.3, 0.4) is 0 Å². The third-order valence-corrected chi connectivity index (χ3v) is 6.37. The number of amides is 2. The molecule has 1 aromatic carbocycles. The van der Waals surface area contributed by atoms with Crippen molar-refractivity contribution in [2.45, 2.75) is 44.2 Å². The molecule has 14 nitrogen and oxygen atoms in total. The number of hydrogen-bond donors (Lipinski definition) is 7. The van der Waals surface area contributed by atoms with Crippen LogP contribution in [-0.4, -0.2) is 75.9 Å². The van der Waals surface area contributed by atoms with E-state index in [1.807, 2.05) is 6.07 Å². The van der Waals surface area contributed by atoms with Gasteiger partial charge in [-0.05, 0) is 37.7 Å². The first-order chi connectivity index (χ1) is 17.5. The molecule has 37 heavy (non-hydrogen) atoms. The second-order valence-corrected chi connectivity index (χ2v) is 10.0. The number of carbonyl (C=O) groups excluding carboxylic acids is 3. The van der Waals surface area contributed by atoms with E-state index in [4.69, 9.17) is 22.9 Å². The summed E-state index contributed by atoms with van der Waals surface area (Å²) in [5.74, 6) is -1.73. The lowest BCUT2D eigenvalue weighted by atomic mass is 10.1. The van der Waals surface area contributed by atoms with Gasteiger partial charge in [-0.3, -0.25) is 19.6 Å². The van der Waals surface area contributed by atoms with Gasteiger partial charge in [-0.2, -0.15) is 0 Å². The summed E-state index contributed by atoms with van der Waals surface area (Å²) in [5.41, 5.74) is 21.9. The monoisotopic (exact) mass is 539 g/mol. The molecule has 206 valence electrons. The minimum atomic E-state index is -3.83. The highest BCUT2D eigenvalue weighted by Gasteiger charge is 2.25. The molecule has 0 aliphatic heterocycles. The number of nitrogens with two attached hydrogens (primary N) is 4. The molecule has 0 bridgehead atoms. The van der Waals surface area contributed by atoms with E-state index in [0.29, 0.717) is 32.1 Å². The van der Waals surface area contributed by atoms with Crippen molar-refractivity contribution in [3.8, 4) is 0 Å². The summed E-state index contributed by atoms with van der Waals surface area (Å²) < 4.78 is 27.7. The van der Waals surface area contributed by atoms with E-state index in [1.54, 1.807) is 24.3 Å². The van der Waals surface area contributed by atoms with Crippen LogP contribution in [0.4, 0.5) is 0 Å². The van der Waals surface area contributed by atoms with E-state index < -0.39 is 40.5 Å². The fourth-order valence-electron chi connectivity index (χ4n) is 3.16. The van der Waals surface area contributed by atoms with E-state index in [-0.39, 0.29) is 37.1 Å². The van der Waals surface area contributed by atoms with E-state index in [1.165, 1.54) is 0 Å². The average Bonchev–Trinajstić information content (AvgIpc) is 2.85. The highest BCUT2D eigenvalue weighted by atomic mass is 32.2. The molecule has 0 unspecified atom stereocenters. The predicted octanol–water partition coefficient (Wildman–Crippen LogP) is -2.58. The topological polar surface area (TPSA) is 250 Å². The molecule has 0 saturated carbocycles. The van der Waals surface area contributed by atoms with Crippen LogP contribution >= 0.6 is 0 Å². The standard InChI is InChI=1S/C22H37N9O5S/c23-21(24)27-11-4-8-17(15-32)30-19(33)14-29-20(34)18(9-5-12-28-22(25)26)31-37(35,36)13-10-16-6-2-1-3-7-16/h1-3,6-7,15,17-18,31H,4-5,8-14H2,(H,29,34)(H,30,33)(H4,23,24,27)(H4,25,26,28)/t17-,18+/m0/s1. The number of benzene rings is 1. The molecule has 0 aliphatic carbocycles. The van der Waals surface area contributed by atoms with E-state index in [9.17, 15) is 22.8 Å². The van der Waals surface area contributed by atoms with Gasteiger partial charge in [0.25, 0.3) is 0 Å². The van der Waals surface area contributed by atoms with Crippen molar-refractivity contribution in [3.63, 3.8) is 0 Å². The molecular formula is C22H37N9O5S. The number of aldehydes is 1. The average molecular weight is 540 g/mol. The molecule has 0 aliphatic rings. The Hall–Kier alpha value is -3.72. The summed E-state index contributed by atoms with van der Waals surface area (Å²) >= 11 is 0. The van der Waals surface area contributed by atoms with E-state index in [2.05, 4.69) is 25.3 Å². The normalized spacial score (nSPS) is 12.5. The molecule has 2 amide bonds. The van der Waals surface area contributed by atoms with Crippen molar-refractivity contribution in [1.82, 2.24) is 15.4 Å². The molecule has 0 radical (unpaired) electrons. The maximum atomic E-state index is 12.7. The lowest BCUT2D eigenvalue weighted by molar-refractivity contribution is -0.128. The molecule has 1 aromatic rings. The summed E-state index contributed by atoms with van der Waals surface area (Å²) in [6, 6.07) is 7.11. The molecule has 11 N–H and O–H groups in total. The zero-order valence-electron chi connectivity index (χ0n) is 20.6. The number of nitrogens with one attached hydrogen (secondary N) is 3. The number of guanidine groups is 2. The second-order valence-electron chi connectivity index (χ2n) is 8.15. The highest BCUT2D eigenvalue weighted by molar-refractivity contribution is 7.89. The molecule has 0 spiro atoms. The van der Waals surface area contributed by atoms with Crippen molar-refractivity contribution in [2.24, 2.45) is 32.9 Å². The van der Waals surface area contributed by atoms with Crippen molar-refractivity contribution in [1.29, 1.82) is 0 Å². The molecule has 1 rings (SSSR count). The number of nitrogens with zero attached hydrogens (tertiary/aromatic N) is 2. The Kier molecular flexibility index (Phi) is 14.3. The van der Waals surface area contributed by atoms with Crippen LogP contribution in [0.25, 0.3) is 0 Å². The summed E-state index contributed by atoms with van der Waals surface area (Å²) in [7, 11) is -3.83. The molecular weight excluding hydrogens is 502 g/mol. The molecule has 15 heteroatoms. The molecule has 0 aromatic heterocycles. The van der Waals surface area contributed by atoms with Gasteiger partial charge in [0.2, 0.25) is 21.8 Å². The van der Waals surface area contributed by atoms with Crippen molar-refractivity contribution < 1.29 is 22.8 Å². The number of aryl methyl sites for hydroxylation is 1. The van der Waals surface area contributed by atoms with Gasteiger partial charge in [0.05, 0.1) is 18.3 Å². The Morgan fingerprint density at radius 2 is 1.54 bits per heavy atom. The number of aliphatic imine (C=N–C) groups is 2. The van der Waals surface area contributed by atoms with Crippen molar-refractivity contribution in [2.75, 3.05) is 25.4 Å². The van der Waals surface area contributed by atoms with Gasteiger partial charge in [-0.25, -0.2) is 13.1 Å². The first-order valence-electron chi connectivity index (χ1n) is 11.7. The fourth-order valence-corrected chi connectivity index (χ4v) is 4.44. The SMILES string of the molecule is NC(N)=NCCC[C@@H](C=O)NC(=O)CNC(=O)[C@@H](CCCN=C(N)N)NS(=O)(=O)CCc1ccccc1. The summed E-state index contributed by atoms with van der Waals surface area (Å²) in [6.45, 7) is 0.0393. The van der Waals surface area contributed by atoms with Gasteiger partial charge in [0.15, 0.2) is 11.9 Å². The quantitative estimate of drug-likeness (QED) is 0.0447. The van der Waals surface area contributed by atoms with Crippen LogP contribution < -0.4 is 38.3 Å². The Morgan fingerprint density at radius 3 is 2.11 bits per heavy atom. The zero-order chi connectivity index (χ0) is 27.7. The molecule has 2 atom stereocenters. The minimum Gasteiger partial charge on any atom is -0.370 e. The van der Waals surface area contributed by atoms with E-state index >= 15 is 0 Å². The predicted molar refractivity (Wildman–Crippen MR) is 142 cm³/mol. The van der Waals surface area contributed by atoms with Gasteiger partial charge in [-0.1, -0.05) is 30.3 Å².